The average Bonchev–Trinajstić information content (AvgIpc) is 2.00. The Balaban J connectivity index is 3.71. The molecule has 4 N–H and O–H groups in total. The number of hydrogen-bond acceptors (Lipinski definition) is 4. The second kappa shape index (κ2) is 4.98. The van der Waals surface area contributed by atoms with Gasteiger partial charge < -0.3 is 15.2 Å². The van der Waals surface area contributed by atoms with Gasteiger partial charge in [0.15, 0.2) is 0 Å². The van der Waals surface area contributed by atoms with Crippen molar-refractivity contribution in [1.82, 2.24) is 5.32 Å². The van der Waals surface area contributed by atoms with E-state index in [0.717, 1.165) is 0 Å². The Morgan fingerprint density at radius 2 is 2.33 bits per heavy atom. The van der Waals surface area contributed by atoms with Gasteiger partial charge in [0.2, 0.25) is 0 Å². The molecule has 0 saturated heterocycles. The van der Waals surface area contributed by atoms with Crippen LogP contribution in [0.4, 0.5) is 4.79 Å². The summed E-state index contributed by atoms with van der Waals surface area (Å²) in [5.74, 6) is 0.676. The summed E-state index contributed by atoms with van der Waals surface area (Å²) in [6, 6.07) is 0. The molecule has 0 radical (unpaired) electrons. The molecule has 1 atom stereocenters. The fourth-order valence-corrected chi connectivity index (χ4v) is 0.331. The second-order valence-corrected chi connectivity index (χ2v) is 1.72. The first-order valence-electron chi connectivity index (χ1n) is 2.94. The number of terminal acetylenes is 1. The minimum absolute atomic E-state index is 0.0365. The molecule has 0 aliphatic rings. The Hall–Kier alpha value is -1.74. The third kappa shape index (κ3) is 4.14. The summed E-state index contributed by atoms with van der Waals surface area (Å²) in [7, 11) is 0. The largest absolute Gasteiger partial charge is 0.477 e. The molecule has 1 unspecified atom stereocenters. The van der Waals surface area contributed by atoms with Crippen LogP contribution in [0.15, 0.2) is 0 Å². The van der Waals surface area contributed by atoms with E-state index in [4.69, 9.17) is 17.3 Å². The van der Waals surface area contributed by atoms with E-state index in [1.165, 1.54) is 0 Å². The highest BCUT2D eigenvalue weighted by Crippen LogP contribution is 1.83. The molecule has 0 rings (SSSR count). The molecule has 0 saturated carbocycles. The molecule has 0 aromatic heterocycles. The molecule has 0 aliphatic heterocycles. The van der Waals surface area contributed by atoms with Crippen LogP contribution in [0.3, 0.4) is 0 Å². The van der Waals surface area contributed by atoms with Gasteiger partial charge in [-0.1, -0.05) is 5.92 Å². The van der Waals surface area contributed by atoms with Gasteiger partial charge >= 0.3 is 12.1 Å². The third-order valence-electron chi connectivity index (χ3n) is 0.812. The molecule has 6 heteroatoms. The molecule has 66 valence electrons. The number of carbonyl (C=O) groups is 2. The van der Waals surface area contributed by atoms with E-state index in [2.05, 4.69) is 16.0 Å². The lowest BCUT2D eigenvalue weighted by Gasteiger charge is -2.07. The number of ether oxygens (including phenoxy) is 1. The van der Waals surface area contributed by atoms with E-state index in [1.807, 2.05) is 0 Å². The zero-order valence-electron chi connectivity index (χ0n) is 6.11. The highest BCUT2D eigenvalue weighted by Gasteiger charge is 2.15. The van der Waals surface area contributed by atoms with Gasteiger partial charge in [-0.15, -0.1) is 6.42 Å². The summed E-state index contributed by atoms with van der Waals surface area (Å²) in [5, 5.41) is 10.3. The second-order valence-electron chi connectivity index (χ2n) is 1.72. The highest BCUT2D eigenvalue weighted by atomic mass is 16.6. The molecule has 0 bridgehead atoms. The fourth-order valence-electron chi connectivity index (χ4n) is 0.331. The maximum atomic E-state index is 10.5. The summed E-state index contributed by atoms with van der Waals surface area (Å²) in [5.41, 5.74) is 4.85. The maximum Gasteiger partial charge on any atom is 0.409 e. The zero-order valence-corrected chi connectivity index (χ0v) is 6.11. The first-order valence-corrected chi connectivity index (χ1v) is 2.94. The Kier molecular flexibility index (Phi) is 4.26. The predicted molar refractivity (Wildman–Crippen MR) is 38.9 cm³/mol. The smallest absolute Gasteiger partial charge is 0.409 e. The van der Waals surface area contributed by atoms with Crippen LogP contribution in [0, 0.1) is 12.3 Å². The number of hydrogen-bond donors (Lipinski definition) is 3. The number of carboxylic acid groups (broad SMARTS) is 1. The molecule has 12 heavy (non-hydrogen) atoms. The van der Waals surface area contributed by atoms with E-state index in [9.17, 15) is 9.59 Å². The lowest BCUT2D eigenvalue weighted by molar-refractivity contribution is -0.146. The molecule has 0 aliphatic carbocycles. The van der Waals surface area contributed by atoms with Gasteiger partial charge in [-0.05, 0) is 0 Å². The Labute approximate surface area is 68.7 Å². The maximum absolute atomic E-state index is 10.5. The Bertz CT molecular complexity index is 220. The van der Waals surface area contributed by atoms with Crippen LogP contribution in [0.1, 0.15) is 0 Å². The SMILES string of the molecule is C#CCNC(=O)OC(N)C(=O)O. The summed E-state index contributed by atoms with van der Waals surface area (Å²) >= 11 is 0. The molecular weight excluding hydrogens is 164 g/mol. The van der Waals surface area contributed by atoms with Crippen LogP contribution in [0.2, 0.25) is 0 Å². The van der Waals surface area contributed by atoms with E-state index >= 15 is 0 Å². The van der Waals surface area contributed by atoms with Crippen LogP contribution in [0.5, 0.6) is 0 Å². The molecule has 0 fully saturated rings. The molecular formula is C6H8N2O4. The number of alkyl carbamates (subject to hydrolysis) is 1. The van der Waals surface area contributed by atoms with Crippen molar-refractivity contribution in [3.05, 3.63) is 0 Å². The van der Waals surface area contributed by atoms with Crippen molar-refractivity contribution in [2.24, 2.45) is 5.73 Å². The zero-order chi connectivity index (χ0) is 9.56. The van der Waals surface area contributed by atoms with Crippen LogP contribution < -0.4 is 11.1 Å². The van der Waals surface area contributed by atoms with Gasteiger partial charge in [0.1, 0.15) is 0 Å². The molecule has 0 aromatic rings. The van der Waals surface area contributed by atoms with Gasteiger partial charge in [-0.2, -0.15) is 0 Å². The van der Waals surface area contributed by atoms with Crippen molar-refractivity contribution in [1.29, 1.82) is 0 Å². The number of carboxylic acids is 1. The lowest BCUT2D eigenvalue weighted by Crippen LogP contribution is -2.39. The van der Waals surface area contributed by atoms with E-state index in [0.29, 0.717) is 0 Å². The minimum Gasteiger partial charge on any atom is -0.477 e. The molecule has 6 nitrogen and oxygen atoms in total. The third-order valence-corrected chi connectivity index (χ3v) is 0.812. The average molecular weight is 172 g/mol. The molecule has 0 heterocycles. The number of nitrogens with one attached hydrogen (secondary N) is 1. The normalized spacial score (nSPS) is 11.0. The van der Waals surface area contributed by atoms with E-state index < -0.39 is 18.3 Å². The van der Waals surface area contributed by atoms with Crippen LogP contribution >= 0.6 is 0 Å². The number of aliphatic carboxylic acids is 1. The van der Waals surface area contributed by atoms with Gasteiger partial charge in [0.25, 0.3) is 6.23 Å². The van der Waals surface area contributed by atoms with Crippen molar-refractivity contribution in [2.75, 3.05) is 6.54 Å². The fraction of sp³-hybridized carbons (Fsp3) is 0.333. The number of rotatable bonds is 3. The topological polar surface area (TPSA) is 102 Å². The van der Waals surface area contributed by atoms with Crippen molar-refractivity contribution in [3.8, 4) is 12.3 Å². The summed E-state index contributed by atoms with van der Waals surface area (Å²) in [4.78, 5) is 20.6. The number of carbonyl (C=O) groups excluding carboxylic acids is 1. The lowest BCUT2D eigenvalue weighted by atomic mass is 10.6. The van der Waals surface area contributed by atoms with Crippen LogP contribution in [-0.2, 0) is 9.53 Å². The van der Waals surface area contributed by atoms with Crippen molar-refractivity contribution in [2.45, 2.75) is 6.23 Å². The van der Waals surface area contributed by atoms with Crippen molar-refractivity contribution in [3.63, 3.8) is 0 Å². The predicted octanol–water partition coefficient (Wildman–Crippen LogP) is -1.28. The molecule has 0 spiro atoms. The summed E-state index contributed by atoms with van der Waals surface area (Å²) < 4.78 is 4.15. The minimum atomic E-state index is -1.66. The van der Waals surface area contributed by atoms with E-state index in [-0.39, 0.29) is 6.54 Å². The van der Waals surface area contributed by atoms with E-state index in [1.54, 1.807) is 0 Å². The number of nitrogens with two attached hydrogens (primary N) is 1. The van der Waals surface area contributed by atoms with Gasteiger partial charge in [0.05, 0.1) is 6.54 Å². The monoisotopic (exact) mass is 172 g/mol. The highest BCUT2D eigenvalue weighted by molar-refractivity contribution is 5.76. The standard InChI is InChI=1S/C6H8N2O4/c1-2-3-8-6(11)12-4(7)5(9)10/h1,4H,3,7H2,(H,8,11)(H,9,10). The number of amides is 1. The summed E-state index contributed by atoms with van der Waals surface area (Å²) in [6.07, 6.45) is 2.18. The Morgan fingerprint density at radius 1 is 1.75 bits per heavy atom. The Morgan fingerprint density at radius 3 is 2.75 bits per heavy atom. The van der Waals surface area contributed by atoms with Crippen LogP contribution in [-0.4, -0.2) is 29.9 Å². The summed E-state index contributed by atoms with van der Waals surface area (Å²) in [6.45, 7) is -0.0365. The molecule has 0 aromatic carbocycles. The van der Waals surface area contributed by atoms with Gasteiger partial charge in [0, 0.05) is 0 Å². The van der Waals surface area contributed by atoms with Crippen molar-refractivity contribution >= 4 is 12.1 Å². The quantitative estimate of drug-likeness (QED) is 0.363. The van der Waals surface area contributed by atoms with Crippen LogP contribution in [0.25, 0.3) is 0 Å². The van der Waals surface area contributed by atoms with Gasteiger partial charge in [-0.25, -0.2) is 9.59 Å². The van der Waals surface area contributed by atoms with Crippen molar-refractivity contribution < 1.29 is 19.4 Å². The first kappa shape index (κ1) is 10.3. The first-order chi connectivity index (χ1) is 5.57. The molecule has 1 amide bonds. The van der Waals surface area contributed by atoms with Gasteiger partial charge in [-0.3, -0.25) is 5.73 Å².